The van der Waals surface area contributed by atoms with Gasteiger partial charge in [-0.1, -0.05) is 23.7 Å². The van der Waals surface area contributed by atoms with Crippen molar-refractivity contribution in [1.82, 2.24) is 9.97 Å². The normalized spacial score (nSPS) is 9.50. The molecule has 2 rings (SSSR count). The van der Waals surface area contributed by atoms with Crippen LogP contribution in [-0.4, -0.2) is 23.0 Å². The van der Waals surface area contributed by atoms with Gasteiger partial charge in [0.1, 0.15) is 10.9 Å². The van der Waals surface area contributed by atoms with Crippen LogP contribution in [0.4, 0.5) is 0 Å². The molecule has 0 aliphatic carbocycles. The molecule has 20 heavy (non-hydrogen) atoms. The minimum atomic E-state index is -1.36. The SMILES string of the molecule is COc1cc(Cl)nc(Oc2ccccc2C(=O)[O-])n1.[Na+]. The van der Waals surface area contributed by atoms with E-state index in [1.54, 1.807) is 12.1 Å². The number of aromatic carboxylic acids is 1. The number of hydrogen-bond acceptors (Lipinski definition) is 6. The zero-order valence-corrected chi connectivity index (χ0v) is 13.5. The van der Waals surface area contributed by atoms with Crippen molar-refractivity contribution in [2.75, 3.05) is 7.11 Å². The predicted octanol–water partition coefficient (Wildman–Crippen LogP) is -1.70. The zero-order chi connectivity index (χ0) is 13.8. The fraction of sp³-hybridized carbons (Fsp3) is 0.0833. The maximum atomic E-state index is 10.9. The molecule has 0 aliphatic heterocycles. The van der Waals surface area contributed by atoms with Crippen LogP contribution < -0.4 is 44.1 Å². The summed E-state index contributed by atoms with van der Waals surface area (Å²) in [4.78, 5) is 18.6. The van der Waals surface area contributed by atoms with Crippen molar-refractivity contribution in [3.05, 3.63) is 41.0 Å². The molecule has 2 aromatic rings. The third-order valence-corrected chi connectivity index (χ3v) is 2.36. The molecule has 0 spiro atoms. The van der Waals surface area contributed by atoms with Gasteiger partial charge in [-0.2, -0.15) is 9.97 Å². The van der Waals surface area contributed by atoms with Gasteiger partial charge in [0, 0.05) is 11.6 Å². The summed E-state index contributed by atoms with van der Waals surface area (Å²) in [7, 11) is 1.41. The first kappa shape index (κ1) is 16.7. The zero-order valence-electron chi connectivity index (χ0n) is 10.8. The molecule has 0 amide bonds. The first-order chi connectivity index (χ1) is 9.10. The van der Waals surface area contributed by atoms with Gasteiger partial charge in [-0.25, -0.2) is 0 Å². The van der Waals surface area contributed by atoms with E-state index in [0.717, 1.165) is 0 Å². The molecule has 0 saturated carbocycles. The van der Waals surface area contributed by atoms with Gasteiger partial charge >= 0.3 is 35.6 Å². The van der Waals surface area contributed by atoms with Gasteiger partial charge in [-0.15, -0.1) is 0 Å². The van der Waals surface area contributed by atoms with Crippen molar-refractivity contribution in [2.24, 2.45) is 0 Å². The largest absolute Gasteiger partial charge is 1.00 e. The Morgan fingerprint density at radius 1 is 1.30 bits per heavy atom. The van der Waals surface area contributed by atoms with Crippen LogP contribution in [0.5, 0.6) is 17.6 Å². The minimum absolute atomic E-state index is 0. The van der Waals surface area contributed by atoms with Gasteiger partial charge in [-0.3, -0.25) is 0 Å². The van der Waals surface area contributed by atoms with E-state index in [1.165, 1.54) is 25.3 Å². The van der Waals surface area contributed by atoms with Gasteiger partial charge in [0.2, 0.25) is 5.88 Å². The Balaban J connectivity index is 0.00000200. The van der Waals surface area contributed by atoms with Crippen molar-refractivity contribution < 1.29 is 48.9 Å². The Hall–Kier alpha value is -1.34. The number of carbonyl (C=O) groups is 1. The number of halogens is 1. The molecule has 1 aromatic carbocycles. The van der Waals surface area contributed by atoms with Crippen LogP contribution in [0.2, 0.25) is 5.15 Å². The van der Waals surface area contributed by atoms with E-state index in [9.17, 15) is 9.90 Å². The fourth-order valence-corrected chi connectivity index (χ4v) is 1.52. The molecule has 0 fully saturated rings. The maximum Gasteiger partial charge on any atom is 1.00 e. The van der Waals surface area contributed by atoms with Crippen LogP contribution in [0.15, 0.2) is 30.3 Å². The number of carbonyl (C=O) groups excluding carboxylic acids is 1. The molecule has 0 unspecified atom stereocenters. The second kappa shape index (κ2) is 7.44. The smallest absolute Gasteiger partial charge is 0.545 e. The summed E-state index contributed by atoms with van der Waals surface area (Å²) < 4.78 is 10.2. The Bertz CT molecular complexity index is 624. The average molecular weight is 303 g/mol. The van der Waals surface area contributed by atoms with Crippen LogP contribution in [0.3, 0.4) is 0 Å². The van der Waals surface area contributed by atoms with E-state index < -0.39 is 5.97 Å². The van der Waals surface area contributed by atoms with Crippen molar-refractivity contribution in [3.63, 3.8) is 0 Å². The van der Waals surface area contributed by atoms with Crippen molar-refractivity contribution >= 4 is 17.6 Å². The quantitative estimate of drug-likeness (QED) is 0.494. The summed E-state index contributed by atoms with van der Waals surface area (Å²) in [6, 6.07) is 7.27. The molecular weight excluding hydrogens is 295 g/mol. The van der Waals surface area contributed by atoms with Gasteiger partial charge in [0.25, 0.3) is 0 Å². The topological polar surface area (TPSA) is 84.4 Å². The Kier molecular flexibility index (Phi) is 6.22. The first-order valence-corrected chi connectivity index (χ1v) is 5.54. The van der Waals surface area contributed by atoms with Gasteiger partial charge in [0.15, 0.2) is 0 Å². The Labute approximate surface area is 142 Å². The monoisotopic (exact) mass is 302 g/mol. The van der Waals surface area contributed by atoms with E-state index in [1.807, 2.05) is 0 Å². The van der Waals surface area contributed by atoms with Crippen molar-refractivity contribution in [2.45, 2.75) is 0 Å². The summed E-state index contributed by atoms with van der Waals surface area (Å²) in [6.07, 6.45) is 0. The number of methoxy groups -OCH3 is 1. The van der Waals surface area contributed by atoms with Crippen LogP contribution in [0, 0.1) is 0 Å². The molecular formula is C12H8ClN2NaO4. The first-order valence-electron chi connectivity index (χ1n) is 5.17. The van der Waals surface area contributed by atoms with Crippen LogP contribution in [0.1, 0.15) is 10.4 Å². The number of para-hydroxylation sites is 1. The summed E-state index contributed by atoms with van der Waals surface area (Å²) >= 11 is 5.76. The van der Waals surface area contributed by atoms with Gasteiger partial charge in [0.05, 0.1) is 13.1 Å². The third-order valence-electron chi connectivity index (χ3n) is 2.17. The average Bonchev–Trinajstić information content (AvgIpc) is 2.38. The van der Waals surface area contributed by atoms with Gasteiger partial charge in [-0.05, 0) is 12.1 Å². The molecule has 0 N–H and O–H groups in total. The molecule has 98 valence electrons. The Morgan fingerprint density at radius 3 is 2.65 bits per heavy atom. The fourth-order valence-electron chi connectivity index (χ4n) is 1.35. The number of benzene rings is 1. The van der Waals surface area contributed by atoms with Crippen LogP contribution >= 0.6 is 11.6 Å². The van der Waals surface area contributed by atoms with E-state index in [2.05, 4.69) is 9.97 Å². The van der Waals surface area contributed by atoms with E-state index >= 15 is 0 Å². The van der Waals surface area contributed by atoms with E-state index in [0.29, 0.717) is 0 Å². The molecule has 0 saturated heterocycles. The number of carboxylic acid groups (broad SMARTS) is 1. The van der Waals surface area contributed by atoms with E-state index in [-0.39, 0.29) is 57.9 Å². The second-order valence-electron chi connectivity index (χ2n) is 3.40. The number of nitrogens with zero attached hydrogens (tertiary/aromatic N) is 2. The molecule has 0 atom stereocenters. The summed E-state index contributed by atoms with van der Waals surface area (Å²) in [5, 5.41) is 11.0. The number of rotatable bonds is 4. The number of aromatic nitrogens is 2. The van der Waals surface area contributed by atoms with Crippen molar-refractivity contribution in [3.8, 4) is 17.6 Å². The molecule has 1 aromatic heterocycles. The summed E-state index contributed by atoms with van der Waals surface area (Å²) in [5.74, 6) is -1.09. The predicted molar refractivity (Wildman–Crippen MR) is 64.4 cm³/mol. The minimum Gasteiger partial charge on any atom is -0.545 e. The molecule has 1 heterocycles. The molecule has 6 nitrogen and oxygen atoms in total. The third kappa shape index (κ3) is 4.08. The maximum absolute atomic E-state index is 10.9. The summed E-state index contributed by atoms with van der Waals surface area (Å²) in [6.45, 7) is 0. The number of hydrogen-bond donors (Lipinski definition) is 0. The summed E-state index contributed by atoms with van der Waals surface area (Å²) in [5.41, 5.74) is -0.106. The van der Waals surface area contributed by atoms with Gasteiger partial charge < -0.3 is 19.4 Å². The molecule has 0 bridgehead atoms. The standard InChI is InChI=1S/C12H9ClN2O4.Na/c1-18-10-6-9(13)14-12(15-10)19-8-5-3-2-4-7(8)11(16)17;/h2-6H,1H3,(H,16,17);/q;+1/p-1. The van der Waals surface area contributed by atoms with E-state index in [4.69, 9.17) is 21.1 Å². The number of carboxylic acids is 1. The molecule has 0 radical (unpaired) electrons. The van der Waals surface area contributed by atoms with Crippen LogP contribution in [-0.2, 0) is 0 Å². The molecule has 8 heteroatoms. The number of ether oxygens (including phenoxy) is 2. The Morgan fingerprint density at radius 2 is 2.00 bits per heavy atom. The molecule has 0 aliphatic rings. The van der Waals surface area contributed by atoms with Crippen molar-refractivity contribution in [1.29, 1.82) is 0 Å². The van der Waals surface area contributed by atoms with Crippen LogP contribution in [0.25, 0.3) is 0 Å². The second-order valence-corrected chi connectivity index (χ2v) is 3.79.